The maximum atomic E-state index is 14.2. The number of ketones is 1. The quantitative estimate of drug-likeness (QED) is 0.371. The molecule has 5 heteroatoms. The lowest BCUT2D eigenvalue weighted by Gasteiger charge is -2.63. The van der Waals surface area contributed by atoms with Crippen molar-refractivity contribution >= 4 is 11.8 Å². The summed E-state index contributed by atoms with van der Waals surface area (Å²) in [7, 11) is 0. The van der Waals surface area contributed by atoms with Gasteiger partial charge < -0.3 is 14.9 Å². The Morgan fingerprint density at radius 2 is 1.83 bits per heavy atom. The van der Waals surface area contributed by atoms with Crippen molar-refractivity contribution in [3.05, 3.63) is 11.6 Å². The first-order chi connectivity index (χ1) is 16.2. The van der Waals surface area contributed by atoms with Crippen LogP contribution in [0.2, 0.25) is 0 Å². The SMILES string of the molecule is C/C(=C\CC[C@@H](C)[C@@]1(C)C[C@H]2O[C@@]23[C@]1(C)CCC(=O)[C@@]31CC[C@H]2C(C)(C)[C@H](O)CC[C@@]21C)C(=O)O. The van der Waals surface area contributed by atoms with E-state index in [0.717, 1.165) is 51.4 Å². The molecule has 196 valence electrons. The van der Waals surface area contributed by atoms with Crippen LogP contribution in [0, 0.1) is 38.9 Å². The molecule has 9 atom stereocenters. The predicted octanol–water partition coefficient (Wildman–Crippen LogP) is 5.93. The third-order valence-corrected chi connectivity index (χ3v) is 13.1. The molecule has 4 saturated carbocycles. The summed E-state index contributed by atoms with van der Waals surface area (Å²) in [5.74, 6) is 0.297. The van der Waals surface area contributed by atoms with Crippen molar-refractivity contribution in [2.75, 3.05) is 0 Å². The first kappa shape index (κ1) is 25.4. The zero-order chi connectivity index (χ0) is 25.8. The van der Waals surface area contributed by atoms with Crippen LogP contribution in [0.5, 0.6) is 0 Å². The number of allylic oxidation sites excluding steroid dienone is 1. The summed E-state index contributed by atoms with van der Waals surface area (Å²) < 4.78 is 6.81. The highest BCUT2D eigenvalue weighted by molar-refractivity contribution is 5.90. The van der Waals surface area contributed by atoms with E-state index in [2.05, 4.69) is 41.5 Å². The molecule has 5 rings (SSSR count). The van der Waals surface area contributed by atoms with Crippen LogP contribution in [0.1, 0.15) is 106 Å². The van der Waals surface area contributed by atoms with Gasteiger partial charge in [-0.2, -0.15) is 0 Å². The van der Waals surface area contributed by atoms with Crippen molar-refractivity contribution in [3.63, 3.8) is 0 Å². The van der Waals surface area contributed by atoms with Crippen molar-refractivity contribution in [3.8, 4) is 0 Å². The number of hydrogen-bond acceptors (Lipinski definition) is 4. The van der Waals surface area contributed by atoms with Gasteiger partial charge in [0.2, 0.25) is 0 Å². The zero-order valence-corrected chi connectivity index (χ0v) is 22.9. The Kier molecular flexibility index (Phi) is 5.40. The number of rotatable bonds is 5. The number of carboxylic acid groups (broad SMARTS) is 1. The molecule has 0 unspecified atom stereocenters. The van der Waals surface area contributed by atoms with Crippen molar-refractivity contribution in [1.82, 2.24) is 0 Å². The van der Waals surface area contributed by atoms with Gasteiger partial charge >= 0.3 is 5.97 Å². The summed E-state index contributed by atoms with van der Waals surface area (Å²) in [6, 6.07) is 0. The highest BCUT2D eigenvalue weighted by atomic mass is 16.6. The summed E-state index contributed by atoms with van der Waals surface area (Å²) in [5, 5.41) is 20.1. The van der Waals surface area contributed by atoms with Crippen LogP contribution in [0.4, 0.5) is 0 Å². The summed E-state index contributed by atoms with van der Waals surface area (Å²) in [6.45, 7) is 15.6. The molecule has 0 amide bonds. The average Bonchev–Trinajstić information content (AvgIpc) is 3.33. The van der Waals surface area contributed by atoms with Crippen molar-refractivity contribution < 1.29 is 24.5 Å². The fourth-order valence-corrected chi connectivity index (χ4v) is 10.6. The third-order valence-electron chi connectivity index (χ3n) is 13.1. The fraction of sp³-hybridized carbons (Fsp3) is 0.867. The number of ether oxygens (including phenoxy) is 1. The molecule has 35 heavy (non-hydrogen) atoms. The van der Waals surface area contributed by atoms with Crippen LogP contribution in [0.25, 0.3) is 0 Å². The topological polar surface area (TPSA) is 87.1 Å². The smallest absolute Gasteiger partial charge is 0.330 e. The lowest BCUT2D eigenvalue weighted by atomic mass is 9.40. The minimum absolute atomic E-state index is 0.0345. The second-order valence-electron chi connectivity index (χ2n) is 14.2. The molecule has 4 aliphatic carbocycles. The molecule has 0 aromatic heterocycles. The molecular weight excluding hydrogens is 440 g/mol. The van der Waals surface area contributed by atoms with Crippen LogP contribution in [-0.2, 0) is 14.3 Å². The summed E-state index contributed by atoms with van der Waals surface area (Å²) >= 11 is 0. The number of epoxide rings is 1. The van der Waals surface area contributed by atoms with Gasteiger partial charge in [0.15, 0.2) is 0 Å². The van der Waals surface area contributed by atoms with Gasteiger partial charge in [-0.1, -0.05) is 47.6 Å². The molecule has 1 aliphatic heterocycles. The number of Topliss-reactive ketones (excluding diaryl/α,β-unsaturated/α-hetero) is 1. The lowest BCUT2D eigenvalue weighted by Crippen LogP contribution is -2.67. The number of aliphatic hydroxyl groups excluding tert-OH is 1. The largest absolute Gasteiger partial charge is 0.478 e. The number of carboxylic acids is 1. The van der Waals surface area contributed by atoms with Gasteiger partial charge in [0.05, 0.1) is 17.6 Å². The van der Waals surface area contributed by atoms with Gasteiger partial charge in [0.1, 0.15) is 11.4 Å². The number of hydrogen-bond donors (Lipinski definition) is 2. The molecule has 1 saturated heterocycles. The van der Waals surface area contributed by atoms with E-state index >= 15 is 0 Å². The van der Waals surface area contributed by atoms with Crippen molar-refractivity contribution in [1.29, 1.82) is 0 Å². The molecule has 0 aromatic carbocycles. The van der Waals surface area contributed by atoms with E-state index in [-0.39, 0.29) is 33.9 Å². The fourth-order valence-electron chi connectivity index (χ4n) is 10.6. The van der Waals surface area contributed by atoms with E-state index in [9.17, 15) is 19.8 Å². The Hall–Kier alpha value is -1.20. The standard InChI is InChI=1S/C30H46O5/c1-18(24(33)34)9-8-10-19(2)27(6)17-23-30(35-23)28(27,7)15-13-22(32)29(30)16-11-20-25(3,4)21(31)12-14-26(20,29)5/h9,19-21,23,31H,8,10-17H2,1-7H3,(H,33,34)/b18-9+/t19-,20+,21-,23-,26+,27-,28-,29-,30-/m1/s1. The molecule has 0 aromatic rings. The monoisotopic (exact) mass is 486 g/mol. The van der Waals surface area contributed by atoms with Gasteiger partial charge in [-0.05, 0) is 86.4 Å². The second kappa shape index (κ2) is 7.43. The maximum Gasteiger partial charge on any atom is 0.330 e. The van der Waals surface area contributed by atoms with Crippen molar-refractivity contribution in [2.24, 2.45) is 38.9 Å². The summed E-state index contributed by atoms with van der Waals surface area (Å²) in [5.41, 5.74) is -0.857. The third kappa shape index (κ3) is 2.73. The van der Waals surface area contributed by atoms with Crippen LogP contribution in [0.3, 0.4) is 0 Å². The predicted molar refractivity (Wildman–Crippen MR) is 135 cm³/mol. The molecule has 5 aliphatic rings. The molecule has 2 spiro atoms. The molecule has 1 heterocycles. The van der Waals surface area contributed by atoms with E-state index in [0.29, 0.717) is 29.6 Å². The maximum absolute atomic E-state index is 14.2. The van der Waals surface area contributed by atoms with Crippen LogP contribution < -0.4 is 0 Å². The minimum Gasteiger partial charge on any atom is -0.478 e. The van der Waals surface area contributed by atoms with Crippen molar-refractivity contribution in [2.45, 2.75) is 124 Å². The van der Waals surface area contributed by atoms with Crippen LogP contribution in [-0.4, -0.2) is 39.8 Å². The number of carbonyl (C=O) groups excluding carboxylic acids is 1. The van der Waals surface area contributed by atoms with Gasteiger partial charge in [-0.3, -0.25) is 4.79 Å². The Morgan fingerprint density at radius 3 is 2.49 bits per heavy atom. The van der Waals surface area contributed by atoms with Gasteiger partial charge in [-0.15, -0.1) is 0 Å². The van der Waals surface area contributed by atoms with E-state index in [1.807, 2.05) is 6.08 Å². The molecule has 5 nitrogen and oxygen atoms in total. The Labute approximate surface area is 211 Å². The molecule has 0 bridgehead atoms. The zero-order valence-electron chi connectivity index (χ0n) is 22.9. The van der Waals surface area contributed by atoms with Crippen LogP contribution >= 0.6 is 0 Å². The van der Waals surface area contributed by atoms with Gasteiger partial charge in [0, 0.05) is 17.4 Å². The first-order valence-corrected chi connectivity index (χ1v) is 13.9. The normalized spacial score (nSPS) is 51.0. The van der Waals surface area contributed by atoms with Gasteiger partial charge in [-0.25, -0.2) is 4.79 Å². The lowest BCUT2D eigenvalue weighted by molar-refractivity contribution is -0.196. The Balaban J connectivity index is 1.52. The number of aliphatic carboxylic acids is 1. The van der Waals surface area contributed by atoms with Gasteiger partial charge in [0.25, 0.3) is 0 Å². The number of aliphatic hydroxyl groups is 1. The minimum atomic E-state index is -0.845. The average molecular weight is 487 g/mol. The molecule has 5 fully saturated rings. The first-order valence-electron chi connectivity index (χ1n) is 13.9. The summed E-state index contributed by atoms with van der Waals surface area (Å²) in [6.07, 6.45) is 9.40. The highest BCUT2D eigenvalue weighted by Gasteiger charge is 2.91. The Morgan fingerprint density at radius 1 is 1.14 bits per heavy atom. The number of carbonyl (C=O) groups is 2. The molecule has 0 radical (unpaired) electrons. The van der Waals surface area contributed by atoms with E-state index in [1.165, 1.54) is 0 Å². The highest BCUT2D eigenvalue weighted by Crippen LogP contribution is 2.86. The molecular formula is C30H46O5. The van der Waals surface area contributed by atoms with Crippen LogP contribution in [0.15, 0.2) is 11.6 Å². The second-order valence-corrected chi connectivity index (χ2v) is 14.2. The van der Waals surface area contributed by atoms with E-state index in [1.54, 1.807) is 6.92 Å². The van der Waals surface area contributed by atoms with E-state index in [4.69, 9.17) is 4.74 Å². The van der Waals surface area contributed by atoms with E-state index < -0.39 is 17.0 Å². The number of fused-ring (bicyclic) bond motifs is 2. The Bertz CT molecular complexity index is 983. The summed E-state index contributed by atoms with van der Waals surface area (Å²) in [4.78, 5) is 25.4. The molecule has 2 N–H and O–H groups in total.